The van der Waals surface area contributed by atoms with E-state index in [-0.39, 0.29) is 0 Å². The molecule has 1 atom stereocenters. The average molecular weight is 287 g/mol. The van der Waals surface area contributed by atoms with Gasteiger partial charge in [-0.1, -0.05) is 0 Å². The molecule has 0 rings (SSSR count). The molecule has 8 heteroatoms. The number of rotatable bonds is 4. The van der Waals surface area contributed by atoms with Crippen molar-refractivity contribution in [1.82, 2.24) is 0 Å². The maximum Gasteiger partial charge on any atom is 0.297 e. The molecule has 0 N–H and O–H groups in total. The van der Waals surface area contributed by atoms with Gasteiger partial charge in [0.05, 0.1) is 0 Å². The van der Waals surface area contributed by atoms with Crippen LogP contribution in [0.5, 0.6) is 0 Å². The topological polar surface area (TPSA) is 27.7 Å². The summed E-state index contributed by atoms with van der Waals surface area (Å²) < 4.78 is 15.9. The lowest BCUT2D eigenvalue weighted by molar-refractivity contribution is 0.452. The molecular formula is C6H26O3Si5. The zero-order valence-electron chi connectivity index (χ0n) is 10.9. The molecule has 0 aromatic rings. The van der Waals surface area contributed by atoms with Crippen LogP contribution in [0.25, 0.3) is 0 Å². The van der Waals surface area contributed by atoms with E-state index in [0.717, 1.165) is 21.0 Å². The molecule has 0 aromatic heterocycles. The molecule has 0 saturated carbocycles. The molecule has 0 radical (unpaired) electrons. The van der Waals surface area contributed by atoms with Crippen LogP contribution in [-0.2, 0) is 12.3 Å². The quantitative estimate of drug-likeness (QED) is 0.637. The Kier molecular flexibility index (Phi) is 11.4. The predicted molar refractivity (Wildman–Crippen MR) is 78.4 cm³/mol. The van der Waals surface area contributed by atoms with Crippen LogP contribution in [0.15, 0.2) is 0 Å². The van der Waals surface area contributed by atoms with Crippen LogP contribution in [0.3, 0.4) is 0 Å². The second kappa shape index (κ2) is 9.21. The van der Waals surface area contributed by atoms with Gasteiger partial charge in [-0.25, -0.2) is 0 Å². The molecule has 0 aliphatic heterocycles. The second-order valence-corrected chi connectivity index (χ2v) is 16.5. The molecule has 0 fully saturated rings. The van der Waals surface area contributed by atoms with Gasteiger partial charge in [-0.3, -0.25) is 0 Å². The van der Waals surface area contributed by atoms with Gasteiger partial charge >= 0.3 is 0 Å². The zero-order chi connectivity index (χ0) is 11.8. The van der Waals surface area contributed by atoms with E-state index in [4.69, 9.17) is 12.3 Å². The molecule has 0 saturated heterocycles. The molecule has 0 bridgehead atoms. The van der Waals surface area contributed by atoms with E-state index in [1.54, 1.807) is 0 Å². The van der Waals surface area contributed by atoms with Gasteiger partial charge in [0.25, 0.3) is 9.28 Å². The summed E-state index contributed by atoms with van der Waals surface area (Å²) >= 11 is 0. The molecule has 3 nitrogen and oxygen atoms in total. The lowest BCUT2D eigenvalue weighted by Gasteiger charge is -2.21. The van der Waals surface area contributed by atoms with Gasteiger partial charge in [0.2, 0.25) is 0 Å². The van der Waals surface area contributed by atoms with Crippen molar-refractivity contribution in [3.8, 4) is 0 Å². The SMILES string of the molecule is C[SiH](C)O[SiH3].C[SiH](O[SiH3])O[Si](C)(C)C. The lowest BCUT2D eigenvalue weighted by Crippen LogP contribution is -2.34. The van der Waals surface area contributed by atoms with Crippen LogP contribution in [0, 0.1) is 0 Å². The van der Waals surface area contributed by atoms with E-state index >= 15 is 0 Å². The van der Waals surface area contributed by atoms with Gasteiger partial charge in [-0.05, 0) is 39.3 Å². The van der Waals surface area contributed by atoms with Gasteiger partial charge in [-0.15, -0.1) is 0 Å². The monoisotopic (exact) mass is 286 g/mol. The maximum atomic E-state index is 5.68. The second-order valence-electron chi connectivity index (χ2n) is 4.32. The Hall–Kier alpha value is 0.964. The van der Waals surface area contributed by atoms with Crippen molar-refractivity contribution in [3.63, 3.8) is 0 Å². The highest BCUT2D eigenvalue weighted by molar-refractivity contribution is 6.76. The Labute approximate surface area is 99.3 Å². The summed E-state index contributed by atoms with van der Waals surface area (Å²) in [6, 6.07) is 0. The first-order chi connectivity index (χ1) is 6.22. The van der Waals surface area contributed by atoms with Crippen molar-refractivity contribution in [1.29, 1.82) is 0 Å². The van der Waals surface area contributed by atoms with Crippen molar-refractivity contribution < 1.29 is 12.3 Å². The minimum atomic E-state index is -1.28. The molecular weight excluding hydrogens is 260 g/mol. The Bertz CT molecular complexity index is 127. The first-order valence-electron chi connectivity index (χ1n) is 4.96. The molecule has 0 aliphatic rings. The fourth-order valence-corrected chi connectivity index (χ4v) is 5.78. The molecule has 88 valence electrons. The molecule has 0 amide bonds. The minimum absolute atomic E-state index is 0.588. The molecule has 0 aromatic carbocycles. The van der Waals surface area contributed by atoms with Crippen molar-refractivity contribution in [2.75, 3.05) is 0 Å². The Morgan fingerprint density at radius 1 is 0.929 bits per heavy atom. The fraction of sp³-hybridized carbons (Fsp3) is 1.00. The van der Waals surface area contributed by atoms with E-state index in [1.165, 1.54) is 0 Å². The van der Waals surface area contributed by atoms with Gasteiger partial charge in [0.1, 0.15) is 21.0 Å². The normalized spacial score (nSPS) is 13.9. The van der Waals surface area contributed by atoms with E-state index in [0.29, 0.717) is 0 Å². The van der Waals surface area contributed by atoms with E-state index < -0.39 is 26.6 Å². The van der Waals surface area contributed by atoms with Crippen molar-refractivity contribution >= 4 is 47.6 Å². The molecule has 0 heterocycles. The third-order valence-corrected chi connectivity index (χ3v) is 11.9. The van der Waals surface area contributed by atoms with Gasteiger partial charge < -0.3 is 12.3 Å². The van der Waals surface area contributed by atoms with Crippen LogP contribution < -0.4 is 0 Å². The average Bonchev–Trinajstić information content (AvgIpc) is 2.02. The van der Waals surface area contributed by atoms with Gasteiger partial charge in [0.15, 0.2) is 17.4 Å². The fourth-order valence-electron chi connectivity index (χ4n) is 0.546. The Morgan fingerprint density at radius 3 is 1.36 bits per heavy atom. The molecule has 0 spiro atoms. The largest absolute Gasteiger partial charge is 0.466 e. The summed E-state index contributed by atoms with van der Waals surface area (Å²) in [7, 11) is -1.29. The third-order valence-electron chi connectivity index (χ3n) is 1.32. The Balaban J connectivity index is 0. The number of hydrogen-bond donors (Lipinski definition) is 0. The van der Waals surface area contributed by atoms with Crippen LogP contribution in [0.1, 0.15) is 0 Å². The molecule has 14 heavy (non-hydrogen) atoms. The first kappa shape index (κ1) is 17.4. The van der Waals surface area contributed by atoms with E-state index in [2.05, 4.69) is 39.3 Å². The van der Waals surface area contributed by atoms with Gasteiger partial charge in [-0.2, -0.15) is 0 Å². The summed E-state index contributed by atoms with van der Waals surface area (Å²) in [5, 5.41) is 0. The van der Waals surface area contributed by atoms with Crippen LogP contribution >= 0.6 is 0 Å². The van der Waals surface area contributed by atoms with Crippen LogP contribution in [0.2, 0.25) is 39.3 Å². The first-order valence-corrected chi connectivity index (χ1v) is 14.9. The molecule has 1 unspecified atom stereocenters. The summed E-state index contributed by atoms with van der Waals surface area (Å²) in [5.74, 6) is 0. The Morgan fingerprint density at radius 2 is 1.29 bits per heavy atom. The highest BCUT2D eigenvalue weighted by atomic mass is 28.4. The highest BCUT2D eigenvalue weighted by Crippen LogP contribution is 2.04. The summed E-state index contributed by atoms with van der Waals surface area (Å²) in [6.45, 7) is 13.0. The van der Waals surface area contributed by atoms with Crippen molar-refractivity contribution in [3.05, 3.63) is 0 Å². The zero-order valence-corrected chi connectivity index (χ0v) is 18.2. The smallest absolute Gasteiger partial charge is 0.297 e. The van der Waals surface area contributed by atoms with E-state index in [1.807, 2.05) is 0 Å². The van der Waals surface area contributed by atoms with Crippen LogP contribution in [-0.4, -0.2) is 47.6 Å². The maximum absolute atomic E-state index is 5.68. The minimum Gasteiger partial charge on any atom is -0.466 e. The number of hydrogen-bond acceptors (Lipinski definition) is 3. The van der Waals surface area contributed by atoms with Crippen molar-refractivity contribution in [2.24, 2.45) is 0 Å². The lowest BCUT2D eigenvalue weighted by atomic mass is 11.8. The third kappa shape index (κ3) is 18.7. The van der Waals surface area contributed by atoms with Crippen molar-refractivity contribution in [2.45, 2.75) is 39.3 Å². The summed E-state index contributed by atoms with van der Waals surface area (Å²) in [4.78, 5) is 0. The summed E-state index contributed by atoms with van der Waals surface area (Å²) in [6.07, 6.45) is 0. The highest BCUT2D eigenvalue weighted by Gasteiger charge is 2.17. The van der Waals surface area contributed by atoms with E-state index in [9.17, 15) is 0 Å². The standard InChI is InChI=1S/C4H16O2Si3.C2H10OSi2/c1-8(5-7)6-9(2,3)4;1-5(2)3-4/h8H,1-4,7H3;5H,1-2,4H3. The van der Waals surface area contributed by atoms with Gasteiger partial charge in [0, 0.05) is 0 Å². The summed E-state index contributed by atoms with van der Waals surface area (Å²) in [5.41, 5.74) is 0. The molecule has 0 aliphatic carbocycles. The predicted octanol–water partition coefficient (Wildman–Crippen LogP) is -0.748. The van der Waals surface area contributed by atoms with Crippen LogP contribution in [0.4, 0.5) is 0 Å².